The van der Waals surface area contributed by atoms with E-state index in [-0.39, 0.29) is 42.8 Å². The SMILES string of the molecule is O=C1CCN(c2coc3cc(C(=O)N4CCC(CN5CCN(c6ccc(Nc7ncnc8c7ncn8C7CC(NC(=O)Cc8ccccc8)C7)cc6)CC5)CC4)ccc23)C(=O)N1. The van der Waals surface area contributed by atoms with E-state index in [1.165, 1.54) is 16.9 Å². The van der Waals surface area contributed by atoms with Crippen LogP contribution in [0.4, 0.5) is 27.7 Å². The van der Waals surface area contributed by atoms with Crippen LogP contribution in [0.25, 0.3) is 22.1 Å². The zero-order chi connectivity index (χ0) is 42.2. The molecule has 16 nitrogen and oxygen atoms in total. The molecule has 1 aliphatic carbocycles. The third-order valence-electron chi connectivity index (χ3n) is 12.9. The number of hydrogen-bond donors (Lipinski definition) is 3. The number of imide groups is 1. The molecule has 62 heavy (non-hydrogen) atoms. The number of piperazine rings is 1. The van der Waals surface area contributed by atoms with Gasteiger partial charge in [-0.1, -0.05) is 30.3 Å². The highest BCUT2D eigenvalue weighted by Crippen LogP contribution is 2.36. The Bertz CT molecular complexity index is 2610. The Hall–Kier alpha value is -6.81. The van der Waals surface area contributed by atoms with E-state index >= 15 is 0 Å². The van der Waals surface area contributed by atoms with Gasteiger partial charge in [0.15, 0.2) is 17.0 Å². The molecule has 0 unspecified atom stereocenters. The maximum Gasteiger partial charge on any atom is 0.328 e. The van der Waals surface area contributed by atoms with Crippen LogP contribution in [0.5, 0.6) is 0 Å². The lowest BCUT2D eigenvalue weighted by atomic mass is 9.86. The second kappa shape index (κ2) is 16.9. The molecule has 10 rings (SSSR count). The lowest BCUT2D eigenvalue weighted by molar-refractivity contribution is -0.122. The first-order valence-electron chi connectivity index (χ1n) is 21.6. The maximum atomic E-state index is 13.5. The number of piperidine rings is 1. The van der Waals surface area contributed by atoms with Crippen LogP contribution in [0.15, 0.2) is 96.1 Å². The summed E-state index contributed by atoms with van der Waals surface area (Å²) in [5.74, 6) is 0.944. The molecule has 4 fully saturated rings. The van der Waals surface area contributed by atoms with Crippen LogP contribution < -0.4 is 25.8 Å². The Morgan fingerprint density at radius 1 is 0.855 bits per heavy atom. The van der Waals surface area contributed by atoms with Crippen molar-refractivity contribution >= 4 is 68.8 Å². The Balaban J connectivity index is 0.669. The van der Waals surface area contributed by atoms with Crippen LogP contribution in [0.2, 0.25) is 0 Å². The molecule has 3 N–H and O–H groups in total. The Labute approximate surface area is 358 Å². The van der Waals surface area contributed by atoms with Gasteiger partial charge in [-0.05, 0) is 79.6 Å². The molecule has 1 saturated carbocycles. The first-order valence-corrected chi connectivity index (χ1v) is 21.6. The summed E-state index contributed by atoms with van der Waals surface area (Å²) in [6, 6.07) is 23.5. The number of imidazole rings is 1. The molecule has 5 amide bonds. The molecule has 3 aliphatic heterocycles. The number of anilines is 4. The zero-order valence-electron chi connectivity index (χ0n) is 34.4. The van der Waals surface area contributed by atoms with Gasteiger partial charge < -0.3 is 29.4 Å². The van der Waals surface area contributed by atoms with Gasteiger partial charge in [0.25, 0.3) is 5.91 Å². The van der Waals surface area contributed by atoms with Gasteiger partial charge in [0.05, 0.1) is 18.4 Å². The van der Waals surface area contributed by atoms with E-state index in [0.29, 0.717) is 48.1 Å². The summed E-state index contributed by atoms with van der Waals surface area (Å²) in [4.78, 5) is 72.2. The van der Waals surface area contributed by atoms with E-state index < -0.39 is 6.03 Å². The second-order valence-electron chi connectivity index (χ2n) is 16.9. The topological polar surface area (TPSA) is 174 Å². The third-order valence-corrected chi connectivity index (χ3v) is 12.9. The maximum absolute atomic E-state index is 13.5. The number of fused-ring (bicyclic) bond motifs is 2. The molecule has 4 aliphatic rings. The van der Waals surface area contributed by atoms with Crippen molar-refractivity contribution in [3.8, 4) is 0 Å². The fourth-order valence-electron chi connectivity index (χ4n) is 9.30. The van der Waals surface area contributed by atoms with Crippen LogP contribution in [0.1, 0.15) is 54.1 Å². The molecule has 6 aromatic rings. The molecule has 0 spiro atoms. The van der Waals surface area contributed by atoms with Gasteiger partial charge in [0.1, 0.15) is 18.2 Å². The third kappa shape index (κ3) is 8.17. The summed E-state index contributed by atoms with van der Waals surface area (Å²) in [5.41, 5.74) is 6.31. The van der Waals surface area contributed by atoms with Crippen LogP contribution in [-0.4, -0.2) is 111 Å². The van der Waals surface area contributed by atoms with Crippen molar-refractivity contribution in [1.29, 1.82) is 0 Å². The number of amides is 5. The lowest BCUT2D eigenvalue weighted by Crippen LogP contribution is -2.49. The number of rotatable bonds is 11. The van der Waals surface area contributed by atoms with Gasteiger partial charge >= 0.3 is 6.03 Å². The van der Waals surface area contributed by atoms with Gasteiger partial charge in [-0.2, -0.15) is 0 Å². The fourth-order valence-corrected chi connectivity index (χ4v) is 9.30. The standard InChI is InChI=1S/C46H49N11O5/c58-40-14-17-56(46(61)52-40)38-27-62-39-23-32(6-11-37(38)39)45(60)55-15-12-31(13-16-55)26-53-18-20-54(21-19-53)35-9-7-33(8-10-35)51-43-42-44(48-28-47-43)57(29-49-42)36-24-34(25-36)50-41(59)22-30-4-2-1-3-5-30/h1-11,23,27-29,31,34,36H,12-22,24-26H2,(H,50,59)(H,47,48,51)(H,52,58,61). The van der Waals surface area contributed by atoms with E-state index in [2.05, 4.69) is 69.5 Å². The van der Waals surface area contributed by atoms with Crippen molar-refractivity contribution in [2.75, 3.05) is 67.5 Å². The fraction of sp³-hybridized carbons (Fsp3) is 0.370. The number of likely N-dealkylation sites (tertiary alicyclic amines) is 1. The molecule has 6 heterocycles. The summed E-state index contributed by atoms with van der Waals surface area (Å²) in [6.07, 6.45) is 9.12. The number of nitrogens with one attached hydrogen (secondary N) is 3. The molecule has 318 valence electrons. The van der Waals surface area contributed by atoms with Crippen molar-refractivity contribution in [2.24, 2.45) is 5.92 Å². The monoisotopic (exact) mass is 835 g/mol. The van der Waals surface area contributed by atoms with Crippen LogP contribution in [0.3, 0.4) is 0 Å². The van der Waals surface area contributed by atoms with E-state index in [0.717, 1.165) is 86.2 Å². The van der Waals surface area contributed by atoms with Gasteiger partial charge in [0.2, 0.25) is 11.8 Å². The predicted octanol–water partition coefficient (Wildman–Crippen LogP) is 5.50. The van der Waals surface area contributed by atoms with Crippen LogP contribution >= 0.6 is 0 Å². The smallest absolute Gasteiger partial charge is 0.328 e. The van der Waals surface area contributed by atoms with E-state index in [4.69, 9.17) is 4.42 Å². The predicted molar refractivity (Wildman–Crippen MR) is 234 cm³/mol. The number of benzene rings is 3. The summed E-state index contributed by atoms with van der Waals surface area (Å²) >= 11 is 0. The largest absolute Gasteiger partial charge is 0.462 e. The number of furan rings is 1. The number of urea groups is 1. The van der Waals surface area contributed by atoms with Gasteiger partial charge in [-0.25, -0.2) is 19.7 Å². The van der Waals surface area contributed by atoms with E-state index in [1.54, 1.807) is 18.5 Å². The lowest BCUT2D eigenvalue weighted by Gasteiger charge is -2.39. The highest BCUT2D eigenvalue weighted by Gasteiger charge is 2.33. The molecular weight excluding hydrogens is 787 g/mol. The second-order valence-corrected chi connectivity index (χ2v) is 16.9. The summed E-state index contributed by atoms with van der Waals surface area (Å²) in [6.45, 7) is 6.62. The highest BCUT2D eigenvalue weighted by molar-refractivity contribution is 6.10. The molecule has 0 radical (unpaired) electrons. The van der Waals surface area contributed by atoms with Gasteiger partial charge in [-0.3, -0.25) is 29.5 Å². The minimum atomic E-state index is -0.469. The van der Waals surface area contributed by atoms with E-state index in [9.17, 15) is 19.2 Å². The highest BCUT2D eigenvalue weighted by atomic mass is 16.3. The molecule has 3 aromatic carbocycles. The molecule has 0 atom stereocenters. The molecular formula is C46H49N11O5. The van der Waals surface area contributed by atoms with Crippen molar-refractivity contribution in [3.05, 3.63) is 103 Å². The van der Waals surface area contributed by atoms with Gasteiger partial charge in [-0.15, -0.1) is 0 Å². The number of carbonyl (C=O) groups excluding carboxylic acids is 4. The summed E-state index contributed by atoms with van der Waals surface area (Å²) in [5, 5.41) is 9.69. The van der Waals surface area contributed by atoms with Crippen LogP contribution in [0, 0.1) is 5.92 Å². The van der Waals surface area contributed by atoms with Gasteiger partial charge in [0, 0.05) is 93.2 Å². The minimum Gasteiger partial charge on any atom is -0.462 e. The molecule has 3 saturated heterocycles. The number of carbonyl (C=O) groups is 4. The molecule has 3 aromatic heterocycles. The Morgan fingerprint density at radius 3 is 2.42 bits per heavy atom. The number of aromatic nitrogens is 4. The van der Waals surface area contributed by atoms with Crippen LogP contribution in [-0.2, 0) is 16.0 Å². The summed E-state index contributed by atoms with van der Waals surface area (Å²) < 4.78 is 7.86. The Morgan fingerprint density at radius 2 is 1.65 bits per heavy atom. The van der Waals surface area contributed by atoms with Crippen molar-refractivity contribution < 1.29 is 23.6 Å². The van der Waals surface area contributed by atoms with E-state index in [1.807, 2.05) is 47.6 Å². The van der Waals surface area contributed by atoms with Crippen molar-refractivity contribution in [3.63, 3.8) is 0 Å². The zero-order valence-corrected chi connectivity index (χ0v) is 34.4. The quantitative estimate of drug-likeness (QED) is 0.151. The normalized spacial score (nSPS) is 20.0. The first-order chi connectivity index (χ1) is 30.3. The van der Waals surface area contributed by atoms with Crippen molar-refractivity contribution in [2.45, 2.75) is 50.6 Å². The molecule has 0 bridgehead atoms. The van der Waals surface area contributed by atoms with Crippen molar-refractivity contribution in [1.82, 2.24) is 40.0 Å². The minimum absolute atomic E-state index is 0.0121. The summed E-state index contributed by atoms with van der Waals surface area (Å²) in [7, 11) is 0. The average Bonchev–Trinajstić information content (AvgIpc) is 3.91. The first kappa shape index (κ1) is 39.3. The Kier molecular flexibility index (Phi) is 10.7. The number of hydrogen-bond acceptors (Lipinski definition) is 11. The molecule has 16 heteroatoms. The number of nitrogens with zero attached hydrogens (tertiary/aromatic N) is 8. The average molecular weight is 836 g/mol.